The van der Waals surface area contributed by atoms with Gasteiger partial charge in [-0.3, -0.25) is 0 Å². The Kier molecular flexibility index (Phi) is 108. The van der Waals surface area contributed by atoms with Gasteiger partial charge in [-0.15, -0.1) is 0 Å². The minimum Gasteiger partial charge on any atom is 0 e. The van der Waals surface area contributed by atoms with Gasteiger partial charge in [-0.2, -0.15) is 0 Å². The van der Waals surface area contributed by atoms with Crippen molar-refractivity contribution in [1.29, 1.82) is 0 Å². The molecule has 2 radical (unpaired) electrons. The van der Waals surface area contributed by atoms with Gasteiger partial charge >= 0.3 is 50.4 Å². The summed E-state index contributed by atoms with van der Waals surface area (Å²) in [7, 11) is 0. The summed E-state index contributed by atoms with van der Waals surface area (Å²) in [5.41, 5.74) is 0. The Bertz CT molecular complexity index is 8.00. The van der Waals surface area contributed by atoms with E-state index in [9.17, 15) is 0 Å². The van der Waals surface area contributed by atoms with E-state index in [4.69, 9.17) is 0 Å². The molecule has 0 bridgehead atoms. The van der Waals surface area contributed by atoms with Gasteiger partial charge in [0.15, 0.2) is 0 Å². The second-order valence-corrected chi connectivity index (χ2v) is 0. The molecule has 4 heavy (non-hydrogen) atoms. The number of hydrogen-bond donors (Lipinski definition) is 0. The van der Waals surface area contributed by atoms with Gasteiger partial charge in [0.25, 0.3) is 0 Å². The molecule has 0 amide bonds. The average molecular weight is 375 g/mol. The molecule has 0 aliphatic heterocycles. The number of rotatable bonds is 0. The van der Waals surface area contributed by atoms with Gasteiger partial charge in [0.2, 0.25) is 0 Å². The van der Waals surface area contributed by atoms with Gasteiger partial charge in [-0.1, -0.05) is 0 Å². The molecule has 0 rings (SSSR count). The number of hydrogen-bond acceptors (Lipinski definition) is 0. The molecule has 0 unspecified atom stereocenters. The van der Waals surface area contributed by atoms with Gasteiger partial charge in [0.05, 0.1) is 0 Å². The van der Waals surface area contributed by atoms with Crippen LogP contribution in [0.15, 0.2) is 0 Å². The fourth-order valence-corrected chi connectivity index (χ4v) is 0. The fraction of sp³-hybridized carbons (Fsp3) is 0. The molecule has 0 spiro atoms. The van der Waals surface area contributed by atoms with Gasteiger partial charge < -0.3 is 0 Å². The first-order valence-electron chi connectivity index (χ1n) is 0. The van der Waals surface area contributed by atoms with Gasteiger partial charge in [-0.25, -0.2) is 0 Å². The zero-order valence-corrected chi connectivity index (χ0v) is 11.2. The molecule has 0 fully saturated rings. The van der Waals surface area contributed by atoms with Crippen molar-refractivity contribution in [1.82, 2.24) is 0 Å². The van der Waals surface area contributed by atoms with Crippen LogP contribution in [0, 0.1) is 0 Å². The first kappa shape index (κ1) is 26.7. The molecule has 0 aromatic carbocycles. The monoisotopic (exact) mass is 374 g/mol. The fourth-order valence-electron chi connectivity index (χ4n) is 0. The first-order chi connectivity index (χ1) is 0. The Morgan fingerprint density at radius 3 is 1.00 bits per heavy atom. The SMILES string of the molecule is [MgH2].[PbH2].[Ti].[Zr]. The normalized spacial score (nSPS) is 0. The van der Waals surface area contributed by atoms with Crippen LogP contribution in [0.5, 0.6) is 0 Å². The van der Waals surface area contributed by atoms with Crippen molar-refractivity contribution in [3.05, 3.63) is 0 Å². The van der Waals surface area contributed by atoms with Gasteiger partial charge in [0, 0.05) is 47.9 Å². The van der Waals surface area contributed by atoms with E-state index in [1.807, 2.05) is 0 Å². The van der Waals surface area contributed by atoms with E-state index in [1.165, 1.54) is 0 Å². The smallest absolute Gasteiger partial charge is 0 e. The molecule has 0 aromatic heterocycles. The van der Waals surface area contributed by atoms with E-state index < -0.39 is 0 Å². The maximum Gasteiger partial charge on any atom is 0 e. The predicted molar refractivity (Wildman–Crippen MR) is 17.1 cm³/mol. The second kappa shape index (κ2) is 16.3. The van der Waals surface area contributed by atoms with E-state index in [0.29, 0.717) is 0 Å². The summed E-state index contributed by atoms with van der Waals surface area (Å²) in [6.07, 6.45) is 0. The molecule has 0 saturated heterocycles. The van der Waals surface area contributed by atoms with E-state index in [2.05, 4.69) is 0 Å². The zero-order valence-electron chi connectivity index (χ0n) is 1.71. The summed E-state index contributed by atoms with van der Waals surface area (Å²) in [6, 6.07) is 0. The predicted octanol–water partition coefficient (Wildman–Crippen LogP) is -1.84. The maximum atomic E-state index is 0. The van der Waals surface area contributed by atoms with Gasteiger partial charge in [-0.05, 0) is 0 Å². The molecular weight excluding hydrogens is 371 g/mol. The molecule has 0 N–H and O–H groups in total. The van der Waals surface area contributed by atoms with Crippen molar-refractivity contribution >= 4 is 50.4 Å². The van der Waals surface area contributed by atoms with E-state index >= 15 is 0 Å². The zero-order chi connectivity index (χ0) is 0. The third-order valence-electron chi connectivity index (χ3n) is 0. The van der Waals surface area contributed by atoms with Crippen molar-refractivity contribution < 1.29 is 47.9 Å². The second-order valence-electron chi connectivity index (χ2n) is 0. The van der Waals surface area contributed by atoms with Crippen molar-refractivity contribution in [2.45, 2.75) is 0 Å². The van der Waals surface area contributed by atoms with Crippen LogP contribution >= 0.6 is 0 Å². The van der Waals surface area contributed by atoms with Crippen LogP contribution in [0.25, 0.3) is 0 Å². The maximum absolute atomic E-state index is 0. The Hall–Kier alpha value is 3.29. The summed E-state index contributed by atoms with van der Waals surface area (Å²) < 4.78 is 0. The molecule has 0 saturated carbocycles. The summed E-state index contributed by atoms with van der Waals surface area (Å²) >= 11 is 0. The first-order valence-corrected chi connectivity index (χ1v) is 0. The summed E-state index contributed by atoms with van der Waals surface area (Å²) in [5, 5.41) is 0. The van der Waals surface area contributed by atoms with Crippen LogP contribution < -0.4 is 0 Å². The van der Waals surface area contributed by atoms with E-state index in [1.54, 1.807) is 0 Å². The molecule has 0 aliphatic carbocycles. The molecule has 0 nitrogen and oxygen atoms in total. The molecule has 18 valence electrons. The summed E-state index contributed by atoms with van der Waals surface area (Å²) in [5.74, 6) is 0. The van der Waals surface area contributed by atoms with Crippen molar-refractivity contribution in [3.63, 3.8) is 0 Å². The molecule has 0 aromatic rings. The van der Waals surface area contributed by atoms with Crippen LogP contribution in [0.2, 0.25) is 0 Å². The quantitative estimate of drug-likeness (QED) is 0.437. The summed E-state index contributed by atoms with van der Waals surface area (Å²) in [6.45, 7) is 0. The largest absolute Gasteiger partial charge is 0 e. The van der Waals surface area contributed by atoms with Crippen LogP contribution in [0.1, 0.15) is 0 Å². The Morgan fingerprint density at radius 2 is 1.00 bits per heavy atom. The average Bonchev–Trinajstić information content (AvgIpc) is 0. The Morgan fingerprint density at radius 1 is 1.00 bits per heavy atom. The minimum atomic E-state index is 0. The molecule has 0 heterocycles. The molecular formula is H4MgPbTiZr. The third kappa shape index (κ3) is 8.99. The minimum absolute atomic E-state index is 0. The Balaban J connectivity index is 0. The molecule has 0 aliphatic rings. The Labute approximate surface area is 96.2 Å². The van der Waals surface area contributed by atoms with Crippen LogP contribution in [-0.4, -0.2) is 50.4 Å². The van der Waals surface area contributed by atoms with Crippen molar-refractivity contribution in [2.75, 3.05) is 0 Å². The van der Waals surface area contributed by atoms with E-state index in [0.717, 1.165) is 0 Å². The topological polar surface area (TPSA) is 0 Å². The molecule has 0 atom stereocenters. The van der Waals surface area contributed by atoms with E-state index in [-0.39, 0.29) is 98.3 Å². The third-order valence-corrected chi connectivity index (χ3v) is 0. The van der Waals surface area contributed by atoms with Gasteiger partial charge in [0.1, 0.15) is 0 Å². The van der Waals surface area contributed by atoms with Crippen LogP contribution in [0.4, 0.5) is 0 Å². The standard InChI is InChI=1S/Mg.Pb.Ti.Zr.4H. The summed E-state index contributed by atoms with van der Waals surface area (Å²) in [4.78, 5) is 0. The van der Waals surface area contributed by atoms with Crippen LogP contribution in [0.3, 0.4) is 0 Å². The molecule has 4 heteroatoms. The van der Waals surface area contributed by atoms with Crippen molar-refractivity contribution in [2.24, 2.45) is 0 Å². The van der Waals surface area contributed by atoms with Crippen LogP contribution in [-0.2, 0) is 47.9 Å². The van der Waals surface area contributed by atoms with Crippen molar-refractivity contribution in [3.8, 4) is 0 Å².